The molecule has 0 saturated carbocycles. The number of benzene rings is 3. The summed E-state index contributed by atoms with van der Waals surface area (Å²) in [4.78, 5) is 57.3. The van der Waals surface area contributed by atoms with E-state index in [-0.39, 0.29) is 23.6 Å². The van der Waals surface area contributed by atoms with E-state index in [2.05, 4.69) is 0 Å². The fourth-order valence-corrected chi connectivity index (χ4v) is 6.25. The van der Waals surface area contributed by atoms with Crippen molar-refractivity contribution in [1.29, 1.82) is 0 Å². The SMILES string of the molecule is O=C1[C@@H]2C3[C@@H]4C(=O)N(c5ccccc5)C(=O)[C@@H]4N([C@@H]2C(=O)N1c1ccccc1)N3c1ccccc1. The Morgan fingerprint density at radius 2 is 0.829 bits per heavy atom. The maximum absolute atomic E-state index is 13.7. The summed E-state index contributed by atoms with van der Waals surface area (Å²) < 4.78 is 0. The molecule has 2 unspecified atom stereocenters. The molecule has 6 atom stereocenters. The summed E-state index contributed by atoms with van der Waals surface area (Å²) in [5.41, 5.74) is 1.75. The van der Waals surface area contributed by atoms with E-state index in [0.717, 1.165) is 5.69 Å². The highest BCUT2D eigenvalue weighted by Gasteiger charge is 2.76. The first-order chi connectivity index (χ1) is 17.1. The van der Waals surface area contributed by atoms with E-state index in [4.69, 9.17) is 0 Å². The number of hydrazine groups is 1. The number of nitrogens with zero attached hydrogens (tertiary/aromatic N) is 4. The van der Waals surface area contributed by atoms with Crippen LogP contribution in [0.2, 0.25) is 0 Å². The summed E-state index contributed by atoms with van der Waals surface area (Å²) in [5, 5.41) is 3.56. The Labute approximate surface area is 200 Å². The van der Waals surface area contributed by atoms with Gasteiger partial charge in [0.2, 0.25) is 11.8 Å². The molecule has 0 radical (unpaired) electrons. The first kappa shape index (κ1) is 20.1. The van der Waals surface area contributed by atoms with Crippen molar-refractivity contribution in [3.05, 3.63) is 91.0 Å². The molecular formula is C27H20N4O4. The van der Waals surface area contributed by atoms with E-state index < -0.39 is 30.0 Å². The van der Waals surface area contributed by atoms with Crippen LogP contribution >= 0.6 is 0 Å². The monoisotopic (exact) mass is 464 g/mol. The maximum atomic E-state index is 13.7. The maximum Gasteiger partial charge on any atom is 0.253 e. The minimum Gasteiger partial charge on any atom is -0.299 e. The van der Waals surface area contributed by atoms with Crippen molar-refractivity contribution >= 4 is 40.7 Å². The van der Waals surface area contributed by atoms with Gasteiger partial charge in [-0.1, -0.05) is 54.6 Å². The topological polar surface area (TPSA) is 81.2 Å². The van der Waals surface area contributed by atoms with Crippen LogP contribution in [-0.2, 0) is 19.2 Å². The Hall–Kier alpha value is -4.30. The number of piperidine rings is 1. The highest BCUT2D eigenvalue weighted by Crippen LogP contribution is 2.55. The predicted octanol–water partition coefficient (Wildman–Crippen LogP) is 2.22. The van der Waals surface area contributed by atoms with Gasteiger partial charge in [-0.25, -0.2) is 9.80 Å². The predicted molar refractivity (Wildman–Crippen MR) is 127 cm³/mol. The van der Waals surface area contributed by atoms with Crippen LogP contribution < -0.4 is 14.8 Å². The first-order valence-electron chi connectivity index (χ1n) is 11.6. The summed E-state index contributed by atoms with van der Waals surface area (Å²) >= 11 is 0. The number of hydrogen-bond acceptors (Lipinski definition) is 6. The molecule has 8 heteroatoms. The third-order valence-electron chi connectivity index (χ3n) is 7.52. The van der Waals surface area contributed by atoms with E-state index in [1.807, 2.05) is 47.5 Å². The zero-order valence-corrected chi connectivity index (χ0v) is 18.5. The smallest absolute Gasteiger partial charge is 0.253 e. The summed E-state index contributed by atoms with van der Waals surface area (Å²) in [6.45, 7) is 0. The lowest BCUT2D eigenvalue weighted by Gasteiger charge is -2.33. The van der Waals surface area contributed by atoms with Crippen LogP contribution in [0.4, 0.5) is 17.1 Å². The number of fused-ring (bicyclic) bond motifs is 8. The van der Waals surface area contributed by atoms with Crippen molar-refractivity contribution in [1.82, 2.24) is 5.01 Å². The molecule has 0 spiro atoms. The van der Waals surface area contributed by atoms with Crippen LogP contribution in [0.5, 0.6) is 0 Å². The molecule has 3 aromatic carbocycles. The Bertz CT molecular complexity index is 1250. The van der Waals surface area contributed by atoms with Crippen molar-refractivity contribution in [3.8, 4) is 0 Å². The summed E-state index contributed by atoms with van der Waals surface area (Å²) in [6.07, 6.45) is 0. The number of hydrogen-bond donors (Lipinski definition) is 0. The minimum atomic E-state index is -0.846. The molecule has 0 aromatic heterocycles. The van der Waals surface area contributed by atoms with Crippen LogP contribution in [0, 0.1) is 11.8 Å². The highest BCUT2D eigenvalue weighted by molar-refractivity contribution is 6.28. The van der Waals surface area contributed by atoms with Gasteiger partial charge in [-0.2, -0.15) is 5.01 Å². The number of imide groups is 2. The number of carbonyl (C=O) groups excluding carboxylic acids is 4. The summed E-state index contributed by atoms with van der Waals surface area (Å²) in [7, 11) is 0. The number of para-hydroxylation sites is 3. The van der Waals surface area contributed by atoms with Crippen LogP contribution in [0.15, 0.2) is 91.0 Å². The van der Waals surface area contributed by atoms with Crippen molar-refractivity contribution < 1.29 is 19.2 Å². The normalized spacial score (nSPS) is 30.9. The lowest BCUT2D eigenvalue weighted by Crippen LogP contribution is -2.53. The molecule has 35 heavy (non-hydrogen) atoms. The average Bonchev–Trinajstić information content (AvgIpc) is 3.57. The van der Waals surface area contributed by atoms with E-state index in [0.29, 0.717) is 11.4 Å². The van der Waals surface area contributed by atoms with E-state index in [1.165, 1.54) is 9.80 Å². The molecule has 4 aliphatic heterocycles. The van der Waals surface area contributed by atoms with Gasteiger partial charge in [0, 0.05) is 0 Å². The largest absolute Gasteiger partial charge is 0.299 e. The Kier molecular flexibility index (Phi) is 4.08. The molecular weight excluding hydrogens is 444 g/mol. The second kappa shape index (κ2) is 7.10. The molecule has 7 rings (SSSR count). The van der Waals surface area contributed by atoms with E-state index in [1.54, 1.807) is 53.5 Å². The Balaban J connectivity index is 1.36. The van der Waals surface area contributed by atoms with Gasteiger partial charge in [0.15, 0.2) is 0 Å². The van der Waals surface area contributed by atoms with Crippen molar-refractivity contribution in [2.45, 2.75) is 18.1 Å². The number of carbonyl (C=O) groups is 4. The molecule has 2 bridgehead atoms. The molecule has 4 amide bonds. The van der Waals surface area contributed by atoms with Crippen molar-refractivity contribution in [2.24, 2.45) is 11.8 Å². The highest BCUT2D eigenvalue weighted by atomic mass is 16.2. The Morgan fingerprint density at radius 1 is 0.457 bits per heavy atom. The van der Waals surface area contributed by atoms with Crippen LogP contribution in [-0.4, -0.2) is 46.8 Å². The molecule has 4 aliphatic rings. The van der Waals surface area contributed by atoms with Gasteiger partial charge in [0.1, 0.15) is 12.1 Å². The quantitative estimate of drug-likeness (QED) is 0.553. The average molecular weight is 464 g/mol. The second-order valence-corrected chi connectivity index (χ2v) is 9.19. The second-order valence-electron chi connectivity index (χ2n) is 9.19. The Morgan fingerprint density at radius 3 is 1.23 bits per heavy atom. The lowest BCUT2D eigenvalue weighted by molar-refractivity contribution is -0.128. The van der Waals surface area contributed by atoms with Gasteiger partial charge in [-0.05, 0) is 36.4 Å². The number of amides is 4. The molecule has 4 saturated heterocycles. The fourth-order valence-electron chi connectivity index (χ4n) is 6.25. The lowest BCUT2D eigenvalue weighted by atomic mass is 9.80. The zero-order chi connectivity index (χ0) is 23.8. The van der Waals surface area contributed by atoms with Crippen LogP contribution in [0.1, 0.15) is 0 Å². The number of rotatable bonds is 3. The standard InChI is InChI=1S/C27H20N4O4/c32-24-19-21-20-23(27(35)29(25(20)33)17-12-6-2-7-13-17)31(30(21)18-14-8-3-9-15-18)22(19)26(34)28(24)16-10-4-1-5-11-16/h1-15,19-23H/t19-,20+,21?,22+,23-. The van der Waals surface area contributed by atoms with Crippen LogP contribution in [0.3, 0.4) is 0 Å². The third kappa shape index (κ3) is 2.49. The fraction of sp³-hybridized carbons (Fsp3) is 0.185. The van der Waals surface area contributed by atoms with Gasteiger partial charge in [0.05, 0.1) is 34.9 Å². The molecule has 3 aromatic rings. The van der Waals surface area contributed by atoms with E-state index in [9.17, 15) is 19.2 Å². The summed E-state index contributed by atoms with van der Waals surface area (Å²) in [5.74, 6) is -2.92. The number of anilines is 3. The zero-order valence-electron chi connectivity index (χ0n) is 18.5. The molecule has 172 valence electrons. The van der Waals surface area contributed by atoms with Crippen LogP contribution in [0.25, 0.3) is 0 Å². The first-order valence-corrected chi connectivity index (χ1v) is 11.6. The molecule has 4 heterocycles. The molecule has 4 fully saturated rings. The van der Waals surface area contributed by atoms with Crippen molar-refractivity contribution in [2.75, 3.05) is 14.8 Å². The third-order valence-corrected chi connectivity index (χ3v) is 7.52. The van der Waals surface area contributed by atoms with E-state index >= 15 is 0 Å². The summed E-state index contributed by atoms with van der Waals surface area (Å²) in [6, 6.07) is 24.6. The van der Waals surface area contributed by atoms with Gasteiger partial charge < -0.3 is 0 Å². The minimum absolute atomic E-state index is 0.337. The van der Waals surface area contributed by atoms with Gasteiger partial charge >= 0.3 is 0 Å². The van der Waals surface area contributed by atoms with Gasteiger partial charge in [-0.3, -0.25) is 24.2 Å². The van der Waals surface area contributed by atoms with Crippen molar-refractivity contribution in [3.63, 3.8) is 0 Å². The molecule has 0 aliphatic carbocycles. The van der Waals surface area contributed by atoms with Gasteiger partial charge in [0.25, 0.3) is 11.8 Å². The van der Waals surface area contributed by atoms with Gasteiger partial charge in [-0.15, -0.1) is 0 Å². The molecule has 0 N–H and O–H groups in total. The molecule has 8 nitrogen and oxygen atoms in total.